The quantitative estimate of drug-likeness (QED) is 0.902. The number of nitrogens with one attached hydrogen (secondary N) is 1. The van der Waals surface area contributed by atoms with Crippen LogP contribution in [0, 0.1) is 11.3 Å². The van der Waals surface area contributed by atoms with Gasteiger partial charge in [0.1, 0.15) is 5.60 Å². The number of benzene rings is 1. The van der Waals surface area contributed by atoms with Crippen LogP contribution in [0.1, 0.15) is 45.6 Å². The number of carbonyl (C=O) groups is 1. The SMILES string of the molecule is CC(C)(C)OC(=O)N1CCCCC(Nc2ccc(C#N)cc2)C1. The normalized spacial score (nSPS) is 18.7. The molecular formula is C18H25N3O2. The fraction of sp³-hybridized carbons (Fsp3) is 0.556. The molecule has 124 valence electrons. The van der Waals surface area contributed by atoms with Gasteiger partial charge >= 0.3 is 6.09 Å². The van der Waals surface area contributed by atoms with Crippen LogP contribution in [0.15, 0.2) is 24.3 Å². The van der Waals surface area contributed by atoms with Crippen LogP contribution in [0.4, 0.5) is 10.5 Å². The van der Waals surface area contributed by atoms with E-state index in [1.165, 1.54) is 0 Å². The van der Waals surface area contributed by atoms with Crippen LogP contribution in [-0.2, 0) is 4.74 Å². The number of hydrogen-bond acceptors (Lipinski definition) is 4. The van der Waals surface area contributed by atoms with E-state index in [2.05, 4.69) is 11.4 Å². The number of likely N-dealkylation sites (tertiary alicyclic amines) is 1. The topological polar surface area (TPSA) is 65.4 Å². The lowest BCUT2D eigenvalue weighted by Gasteiger charge is -2.29. The van der Waals surface area contributed by atoms with Crippen molar-refractivity contribution in [3.8, 4) is 6.07 Å². The fourth-order valence-electron chi connectivity index (χ4n) is 2.63. The highest BCUT2D eigenvalue weighted by molar-refractivity contribution is 5.68. The Morgan fingerprint density at radius 2 is 2.00 bits per heavy atom. The molecule has 5 heteroatoms. The van der Waals surface area contributed by atoms with Crippen molar-refractivity contribution >= 4 is 11.8 Å². The zero-order valence-corrected chi connectivity index (χ0v) is 14.1. The highest BCUT2D eigenvalue weighted by Crippen LogP contribution is 2.19. The van der Waals surface area contributed by atoms with Gasteiger partial charge in [0.25, 0.3) is 0 Å². The van der Waals surface area contributed by atoms with E-state index >= 15 is 0 Å². The third-order valence-corrected chi connectivity index (χ3v) is 3.71. The highest BCUT2D eigenvalue weighted by atomic mass is 16.6. The summed E-state index contributed by atoms with van der Waals surface area (Å²) in [6.07, 6.45) is 2.84. The fourth-order valence-corrected chi connectivity index (χ4v) is 2.63. The Balaban J connectivity index is 1.98. The molecule has 5 nitrogen and oxygen atoms in total. The van der Waals surface area contributed by atoms with Crippen LogP contribution in [0.2, 0.25) is 0 Å². The first-order valence-corrected chi connectivity index (χ1v) is 8.12. The van der Waals surface area contributed by atoms with E-state index in [1.807, 2.05) is 32.9 Å². The lowest BCUT2D eigenvalue weighted by atomic mass is 10.1. The van der Waals surface area contributed by atoms with E-state index < -0.39 is 5.60 Å². The van der Waals surface area contributed by atoms with Crippen molar-refractivity contribution in [3.63, 3.8) is 0 Å². The molecule has 0 aromatic heterocycles. The van der Waals surface area contributed by atoms with Crippen molar-refractivity contribution in [1.29, 1.82) is 5.26 Å². The molecule has 1 fully saturated rings. The minimum absolute atomic E-state index is 0.193. The van der Waals surface area contributed by atoms with Gasteiger partial charge in [0.05, 0.1) is 11.6 Å². The first-order chi connectivity index (χ1) is 10.9. The van der Waals surface area contributed by atoms with Crippen LogP contribution >= 0.6 is 0 Å². The molecule has 1 N–H and O–H groups in total. The van der Waals surface area contributed by atoms with Gasteiger partial charge in [-0.2, -0.15) is 5.26 Å². The van der Waals surface area contributed by atoms with Gasteiger partial charge in [-0.25, -0.2) is 4.79 Å². The van der Waals surface area contributed by atoms with Crippen molar-refractivity contribution in [3.05, 3.63) is 29.8 Å². The molecule has 2 rings (SSSR count). The molecule has 0 radical (unpaired) electrons. The van der Waals surface area contributed by atoms with Gasteiger partial charge in [-0.1, -0.05) is 0 Å². The molecule has 23 heavy (non-hydrogen) atoms. The summed E-state index contributed by atoms with van der Waals surface area (Å²) in [5, 5.41) is 12.3. The lowest BCUT2D eigenvalue weighted by molar-refractivity contribution is 0.0252. The Kier molecular flexibility index (Phi) is 5.49. The first-order valence-electron chi connectivity index (χ1n) is 8.12. The van der Waals surface area contributed by atoms with Crippen molar-refractivity contribution in [2.75, 3.05) is 18.4 Å². The van der Waals surface area contributed by atoms with Gasteiger partial charge in [0.15, 0.2) is 0 Å². The summed E-state index contributed by atoms with van der Waals surface area (Å²) in [6, 6.07) is 9.71. The maximum atomic E-state index is 12.3. The summed E-state index contributed by atoms with van der Waals surface area (Å²) in [5.41, 5.74) is 1.14. The average Bonchev–Trinajstić information content (AvgIpc) is 2.72. The van der Waals surface area contributed by atoms with Gasteiger partial charge in [0, 0.05) is 24.8 Å². The molecule has 1 aromatic rings. The third kappa shape index (κ3) is 5.48. The van der Waals surface area contributed by atoms with Crippen molar-refractivity contribution in [1.82, 2.24) is 4.90 Å². The van der Waals surface area contributed by atoms with Crippen molar-refractivity contribution in [2.24, 2.45) is 0 Å². The number of amides is 1. The summed E-state index contributed by atoms with van der Waals surface area (Å²) in [7, 11) is 0. The third-order valence-electron chi connectivity index (χ3n) is 3.71. The minimum Gasteiger partial charge on any atom is -0.444 e. The first kappa shape index (κ1) is 17.1. The maximum Gasteiger partial charge on any atom is 0.410 e. The molecule has 1 aliphatic rings. The number of nitriles is 1. The molecule has 1 saturated heterocycles. The predicted octanol–water partition coefficient (Wildman–Crippen LogP) is 3.76. The van der Waals surface area contributed by atoms with E-state index in [9.17, 15) is 4.79 Å². The summed E-state index contributed by atoms with van der Waals surface area (Å²) < 4.78 is 5.48. The number of anilines is 1. The number of rotatable bonds is 2. The van der Waals surface area contributed by atoms with Gasteiger partial charge in [-0.05, 0) is 64.3 Å². The molecule has 1 aliphatic heterocycles. The van der Waals surface area contributed by atoms with E-state index in [0.29, 0.717) is 12.1 Å². The van der Waals surface area contributed by atoms with Gasteiger partial charge in [-0.3, -0.25) is 0 Å². The molecule has 0 spiro atoms. The van der Waals surface area contributed by atoms with Gasteiger partial charge in [0.2, 0.25) is 0 Å². The molecule has 1 amide bonds. The molecule has 0 bridgehead atoms. The average molecular weight is 315 g/mol. The molecule has 0 aliphatic carbocycles. The zero-order valence-electron chi connectivity index (χ0n) is 14.1. The second-order valence-electron chi connectivity index (χ2n) is 6.95. The Bertz CT molecular complexity index is 569. The smallest absolute Gasteiger partial charge is 0.410 e. The summed E-state index contributed by atoms with van der Waals surface area (Å²) in [5.74, 6) is 0. The number of nitrogens with zero attached hydrogens (tertiary/aromatic N) is 2. The second-order valence-corrected chi connectivity index (χ2v) is 6.95. The van der Waals surface area contributed by atoms with E-state index in [4.69, 9.17) is 10.00 Å². The van der Waals surface area contributed by atoms with Crippen molar-refractivity contribution < 1.29 is 9.53 Å². The largest absolute Gasteiger partial charge is 0.444 e. The monoisotopic (exact) mass is 315 g/mol. The Morgan fingerprint density at radius 3 is 2.61 bits per heavy atom. The number of hydrogen-bond donors (Lipinski definition) is 1. The van der Waals surface area contributed by atoms with Crippen LogP contribution < -0.4 is 5.32 Å². The number of ether oxygens (including phenoxy) is 1. The Labute approximate surface area is 138 Å². The lowest BCUT2D eigenvalue weighted by Crippen LogP contribution is -2.42. The molecule has 1 aromatic carbocycles. The standard InChI is InChI=1S/C18H25N3O2/c1-18(2,3)23-17(22)21-11-5-4-6-16(13-21)20-15-9-7-14(12-19)8-10-15/h7-10,16,20H,4-6,11,13H2,1-3H3. The van der Waals surface area contributed by atoms with E-state index in [-0.39, 0.29) is 12.1 Å². The second kappa shape index (κ2) is 7.36. The minimum atomic E-state index is -0.473. The van der Waals surface area contributed by atoms with E-state index in [0.717, 1.165) is 31.5 Å². The summed E-state index contributed by atoms with van der Waals surface area (Å²) in [4.78, 5) is 14.1. The van der Waals surface area contributed by atoms with Crippen LogP contribution in [0.3, 0.4) is 0 Å². The van der Waals surface area contributed by atoms with Crippen LogP contribution in [-0.4, -0.2) is 35.7 Å². The molecule has 0 saturated carbocycles. The Morgan fingerprint density at radius 1 is 1.30 bits per heavy atom. The molecular weight excluding hydrogens is 290 g/mol. The van der Waals surface area contributed by atoms with Crippen LogP contribution in [0.5, 0.6) is 0 Å². The predicted molar refractivity (Wildman–Crippen MR) is 90.2 cm³/mol. The summed E-state index contributed by atoms with van der Waals surface area (Å²) in [6.45, 7) is 7.02. The van der Waals surface area contributed by atoms with Crippen molar-refractivity contribution in [2.45, 2.75) is 51.7 Å². The highest BCUT2D eigenvalue weighted by Gasteiger charge is 2.26. The number of carbonyl (C=O) groups excluding carboxylic acids is 1. The molecule has 1 heterocycles. The van der Waals surface area contributed by atoms with Gasteiger partial charge < -0.3 is 15.0 Å². The Hall–Kier alpha value is -2.22. The zero-order chi connectivity index (χ0) is 16.9. The van der Waals surface area contributed by atoms with E-state index in [1.54, 1.807) is 17.0 Å². The molecule has 1 atom stereocenters. The van der Waals surface area contributed by atoms with Crippen LogP contribution in [0.25, 0.3) is 0 Å². The van der Waals surface area contributed by atoms with Gasteiger partial charge in [-0.15, -0.1) is 0 Å². The molecule has 1 unspecified atom stereocenters. The maximum absolute atomic E-state index is 12.3. The summed E-state index contributed by atoms with van der Waals surface area (Å²) >= 11 is 0.